The average Bonchev–Trinajstić information content (AvgIpc) is 2.66. The van der Waals surface area contributed by atoms with Gasteiger partial charge in [0.2, 0.25) is 0 Å². The highest BCUT2D eigenvalue weighted by Crippen LogP contribution is 2.37. The largest absolute Gasteiger partial charge is 0.371 e. The Bertz CT molecular complexity index is 893. The number of benzene rings is 2. The first-order valence-corrected chi connectivity index (χ1v) is 9.16. The van der Waals surface area contributed by atoms with E-state index >= 15 is 0 Å². The van der Waals surface area contributed by atoms with E-state index in [1.54, 1.807) is 0 Å². The molecule has 2 aliphatic heterocycles. The molecule has 0 bridgehead atoms. The van der Waals surface area contributed by atoms with E-state index < -0.39 is 0 Å². The van der Waals surface area contributed by atoms with Crippen LogP contribution in [0, 0.1) is 11.3 Å². The minimum Gasteiger partial charge on any atom is -0.371 e. The van der Waals surface area contributed by atoms with Gasteiger partial charge >= 0.3 is 0 Å². The lowest BCUT2D eigenvalue weighted by molar-refractivity contribution is 0.419. The number of fused-ring (bicyclic) bond motifs is 1. The molecule has 2 heterocycles. The van der Waals surface area contributed by atoms with Crippen molar-refractivity contribution in [3.05, 3.63) is 58.6 Å². The van der Waals surface area contributed by atoms with Crippen molar-refractivity contribution in [2.75, 3.05) is 23.7 Å². The molecule has 0 aromatic heterocycles. The van der Waals surface area contributed by atoms with Gasteiger partial charge in [-0.25, -0.2) is 0 Å². The molecule has 26 heavy (non-hydrogen) atoms. The minimum atomic E-state index is -0.231. The molecule has 2 aliphatic rings. The molecule has 2 aromatic rings. The molecule has 1 fully saturated rings. The van der Waals surface area contributed by atoms with Crippen LogP contribution >= 0.6 is 11.6 Å². The predicted molar refractivity (Wildman–Crippen MR) is 106 cm³/mol. The predicted octanol–water partition coefficient (Wildman–Crippen LogP) is 3.77. The van der Waals surface area contributed by atoms with Crippen LogP contribution in [0.4, 0.5) is 11.4 Å². The highest BCUT2D eigenvalue weighted by Gasteiger charge is 2.41. The molecule has 0 unspecified atom stereocenters. The molecule has 132 valence electrons. The van der Waals surface area contributed by atoms with E-state index in [0.717, 1.165) is 48.7 Å². The molecule has 4 rings (SSSR count). The molecule has 1 saturated heterocycles. The molecule has 2 aromatic carbocycles. The Kier molecular flexibility index (Phi) is 4.54. The highest BCUT2D eigenvalue weighted by atomic mass is 35.5. The van der Waals surface area contributed by atoms with Crippen LogP contribution < -0.4 is 16.0 Å². The van der Waals surface area contributed by atoms with Gasteiger partial charge in [0.25, 0.3) is 0 Å². The van der Waals surface area contributed by atoms with Crippen LogP contribution in [-0.4, -0.2) is 24.5 Å². The number of hydrogen-bond donors (Lipinski definition) is 3. The lowest BCUT2D eigenvalue weighted by atomic mass is 9.84. The summed E-state index contributed by atoms with van der Waals surface area (Å²) in [5.74, 6) is 0.897. The molecule has 0 radical (unpaired) electrons. The van der Waals surface area contributed by atoms with E-state index in [2.05, 4.69) is 22.0 Å². The number of para-hydroxylation sites is 1. The highest BCUT2D eigenvalue weighted by molar-refractivity contribution is 6.30. The summed E-state index contributed by atoms with van der Waals surface area (Å²) in [5.41, 5.74) is 3.23. The Morgan fingerprint density at radius 3 is 2.73 bits per heavy atom. The van der Waals surface area contributed by atoms with E-state index in [1.165, 1.54) is 0 Å². The standard InChI is InChI=1S/C20H20ClN5/c21-16-5-1-3-14(11-16)13-24-19-20(7-9-23-10-8-20)26-17-6-2-4-15(12-22)18(17)25-19/h1-6,11,23,26H,7-10,13H2,(H,24,25). The summed E-state index contributed by atoms with van der Waals surface area (Å²) in [6.45, 7) is 2.40. The second-order valence-corrected chi connectivity index (χ2v) is 7.15. The molecule has 3 N–H and O–H groups in total. The SMILES string of the molecule is N#Cc1cccc2c1NC(=NCc1cccc(Cl)c1)C1(CCNCC1)N2. The maximum atomic E-state index is 9.44. The normalized spacial score (nSPS) is 19.3. The van der Waals surface area contributed by atoms with Crippen molar-refractivity contribution in [1.82, 2.24) is 5.32 Å². The van der Waals surface area contributed by atoms with E-state index in [1.807, 2.05) is 42.5 Å². The van der Waals surface area contributed by atoms with Crippen molar-refractivity contribution in [2.24, 2.45) is 4.99 Å². The van der Waals surface area contributed by atoms with Gasteiger partial charge < -0.3 is 16.0 Å². The third-order valence-electron chi connectivity index (χ3n) is 5.02. The fourth-order valence-electron chi connectivity index (χ4n) is 3.65. The van der Waals surface area contributed by atoms with E-state index in [0.29, 0.717) is 17.1 Å². The zero-order valence-electron chi connectivity index (χ0n) is 14.3. The Labute approximate surface area is 158 Å². The molecular weight excluding hydrogens is 346 g/mol. The summed E-state index contributed by atoms with van der Waals surface area (Å²) in [4.78, 5) is 4.89. The van der Waals surface area contributed by atoms with E-state index in [4.69, 9.17) is 16.6 Å². The number of nitrogens with zero attached hydrogens (tertiary/aromatic N) is 2. The van der Waals surface area contributed by atoms with Gasteiger partial charge in [-0.15, -0.1) is 0 Å². The van der Waals surface area contributed by atoms with Gasteiger partial charge in [0, 0.05) is 5.02 Å². The van der Waals surface area contributed by atoms with Gasteiger partial charge in [0.05, 0.1) is 29.0 Å². The van der Waals surface area contributed by atoms with Gasteiger partial charge in [-0.1, -0.05) is 29.8 Å². The molecule has 0 atom stereocenters. The van der Waals surface area contributed by atoms with E-state index in [9.17, 15) is 5.26 Å². The molecule has 6 heteroatoms. The van der Waals surface area contributed by atoms with Gasteiger partial charge in [-0.2, -0.15) is 5.26 Å². The van der Waals surface area contributed by atoms with Crippen LogP contribution in [0.25, 0.3) is 0 Å². The van der Waals surface area contributed by atoms with Crippen LogP contribution in [0.3, 0.4) is 0 Å². The number of piperidine rings is 1. The Morgan fingerprint density at radius 2 is 1.96 bits per heavy atom. The number of anilines is 2. The second-order valence-electron chi connectivity index (χ2n) is 6.72. The lowest BCUT2D eigenvalue weighted by Gasteiger charge is -2.44. The summed E-state index contributed by atoms with van der Waals surface area (Å²) in [7, 11) is 0. The molecule has 1 spiro atoms. The number of aliphatic imine (C=N–C) groups is 1. The average molecular weight is 366 g/mol. The lowest BCUT2D eigenvalue weighted by Crippen LogP contribution is -2.58. The van der Waals surface area contributed by atoms with Crippen molar-refractivity contribution in [1.29, 1.82) is 5.26 Å². The quantitative estimate of drug-likeness (QED) is 0.757. The number of nitriles is 1. The van der Waals surface area contributed by atoms with Gasteiger partial charge in [0.15, 0.2) is 0 Å². The number of amidine groups is 1. The molecule has 5 nitrogen and oxygen atoms in total. The Hall–Kier alpha value is -2.55. The van der Waals surface area contributed by atoms with Gasteiger partial charge in [0.1, 0.15) is 11.9 Å². The second kappa shape index (κ2) is 6.99. The first-order chi connectivity index (χ1) is 12.7. The number of rotatable bonds is 2. The van der Waals surface area contributed by atoms with Crippen LogP contribution in [0.5, 0.6) is 0 Å². The smallest absolute Gasteiger partial charge is 0.127 e. The van der Waals surface area contributed by atoms with E-state index in [-0.39, 0.29) is 5.54 Å². The van der Waals surface area contributed by atoms with Crippen LogP contribution in [0.2, 0.25) is 5.02 Å². The molecule has 0 amide bonds. The number of hydrogen-bond acceptors (Lipinski definition) is 4. The third kappa shape index (κ3) is 3.14. The van der Waals surface area contributed by atoms with Crippen molar-refractivity contribution in [3.8, 4) is 6.07 Å². The minimum absolute atomic E-state index is 0.231. The van der Waals surface area contributed by atoms with Crippen LogP contribution in [-0.2, 0) is 6.54 Å². The summed E-state index contributed by atoms with van der Waals surface area (Å²) in [6.07, 6.45) is 1.87. The van der Waals surface area contributed by atoms with Crippen molar-refractivity contribution < 1.29 is 0 Å². The van der Waals surface area contributed by atoms with Crippen molar-refractivity contribution in [2.45, 2.75) is 24.9 Å². The summed E-state index contributed by atoms with van der Waals surface area (Å²) < 4.78 is 0. The zero-order chi connectivity index (χ0) is 18.0. The zero-order valence-corrected chi connectivity index (χ0v) is 15.1. The molecule has 0 aliphatic carbocycles. The summed E-state index contributed by atoms with van der Waals surface area (Å²) in [5, 5.41) is 20.7. The van der Waals surface area contributed by atoms with Crippen LogP contribution in [0.15, 0.2) is 47.5 Å². The van der Waals surface area contributed by atoms with Crippen LogP contribution in [0.1, 0.15) is 24.0 Å². The first-order valence-electron chi connectivity index (χ1n) is 8.79. The Morgan fingerprint density at radius 1 is 1.15 bits per heavy atom. The molecule has 0 saturated carbocycles. The van der Waals surface area contributed by atoms with Gasteiger partial charge in [-0.05, 0) is 55.8 Å². The fourth-order valence-corrected chi connectivity index (χ4v) is 3.86. The monoisotopic (exact) mass is 365 g/mol. The third-order valence-corrected chi connectivity index (χ3v) is 5.26. The maximum Gasteiger partial charge on any atom is 0.127 e. The summed E-state index contributed by atoms with van der Waals surface area (Å²) in [6, 6.07) is 15.8. The van der Waals surface area contributed by atoms with Gasteiger partial charge in [-0.3, -0.25) is 4.99 Å². The number of halogens is 1. The topological polar surface area (TPSA) is 72.2 Å². The Balaban J connectivity index is 1.72. The molecular formula is C20H20ClN5. The van der Waals surface area contributed by atoms with Crippen molar-refractivity contribution in [3.63, 3.8) is 0 Å². The number of nitrogens with one attached hydrogen (secondary N) is 3. The first kappa shape index (κ1) is 16.9. The fraction of sp³-hybridized carbons (Fsp3) is 0.300. The summed E-state index contributed by atoms with van der Waals surface area (Å²) >= 11 is 6.09. The van der Waals surface area contributed by atoms with Crippen molar-refractivity contribution >= 4 is 28.8 Å². The maximum absolute atomic E-state index is 9.44.